The van der Waals surface area contributed by atoms with E-state index in [-0.39, 0.29) is 38.4 Å². The number of amides is 1. The van der Waals surface area contributed by atoms with E-state index in [1.165, 1.54) is 0 Å². The van der Waals surface area contributed by atoms with Gasteiger partial charge < -0.3 is 25.4 Å². The quantitative estimate of drug-likeness (QED) is 0.181. The predicted molar refractivity (Wildman–Crippen MR) is 80.2 cm³/mol. The smallest absolute Gasteiger partial charge is 0.407 e. The van der Waals surface area contributed by atoms with Gasteiger partial charge in [0.15, 0.2) is 0 Å². The molecule has 1 unspecified atom stereocenters. The molecule has 10 nitrogen and oxygen atoms in total. The number of hydrogen-bond donors (Lipinski definition) is 2. The molecule has 1 atom stereocenters. The molecule has 0 bridgehead atoms. The van der Waals surface area contributed by atoms with E-state index < -0.39 is 29.9 Å². The van der Waals surface area contributed by atoms with Gasteiger partial charge in [-0.05, 0) is 12.3 Å². The van der Waals surface area contributed by atoms with Crippen LogP contribution in [-0.4, -0.2) is 59.2 Å². The average molecular weight is 343 g/mol. The molecule has 1 amide bonds. The average Bonchev–Trinajstić information content (AvgIpc) is 2.47. The summed E-state index contributed by atoms with van der Waals surface area (Å²) in [6.45, 7) is 3.35. The van der Waals surface area contributed by atoms with Gasteiger partial charge >= 0.3 is 24.2 Å². The minimum absolute atomic E-state index is 0.137. The van der Waals surface area contributed by atoms with Crippen molar-refractivity contribution in [1.82, 2.24) is 5.32 Å². The SMILES string of the molecule is CC(C)CC(=O)OCCOC(=O)NC(CCC(=O)C=[N+]=[N-])C(=O)O. The molecule has 0 aliphatic heterocycles. The molecule has 0 rings (SSSR count). The highest BCUT2D eigenvalue weighted by atomic mass is 16.6. The summed E-state index contributed by atoms with van der Waals surface area (Å²) in [5.74, 6) is -2.20. The monoisotopic (exact) mass is 343 g/mol. The van der Waals surface area contributed by atoms with Gasteiger partial charge in [-0.25, -0.2) is 9.59 Å². The highest BCUT2D eigenvalue weighted by Crippen LogP contribution is 2.01. The second kappa shape index (κ2) is 11.8. The van der Waals surface area contributed by atoms with E-state index in [1.54, 1.807) is 0 Å². The molecule has 0 aliphatic carbocycles. The normalized spacial score (nSPS) is 11.1. The summed E-state index contributed by atoms with van der Waals surface area (Å²) in [5, 5.41) is 11.0. The van der Waals surface area contributed by atoms with Crippen LogP contribution in [0.4, 0.5) is 4.79 Å². The van der Waals surface area contributed by atoms with Crippen molar-refractivity contribution in [2.24, 2.45) is 5.92 Å². The molecule has 0 aliphatic rings. The van der Waals surface area contributed by atoms with Crippen LogP contribution >= 0.6 is 0 Å². The van der Waals surface area contributed by atoms with E-state index in [9.17, 15) is 19.2 Å². The Hall–Kier alpha value is -2.74. The number of aliphatic carboxylic acids is 1. The zero-order chi connectivity index (χ0) is 18.5. The molecule has 0 fully saturated rings. The Labute approximate surface area is 138 Å². The summed E-state index contributed by atoms with van der Waals surface area (Å²) in [5.41, 5.74) is 8.17. The minimum Gasteiger partial charge on any atom is -0.480 e. The number of nitrogens with zero attached hydrogens (tertiary/aromatic N) is 2. The van der Waals surface area contributed by atoms with Gasteiger partial charge in [-0.2, -0.15) is 4.79 Å². The number of Topliss-reactive ketones (excluding diaryl/α,β-unsaturated/α-hetero) is 1. The molecule has 0 saturated heterocycles. The first kappa shape index (κ1) is 21.3. The number of hydrogen-bond acceptors (Lipinski definition) is 6. The number of esters is 1. The summed E-state index contributed by atoms with van der Waals surface area (Å²) in [7, 11) is 0. The van der Waals surface area contributed by atoms with Crippen molar-refractivity contribution in [3.8, 4) is 0 Å². The number of alkyl carbamates (subject to hydrolysis) is 1. The van der Waals surface area contributed by atoms with Crippen molar-refractivity contribution in [3.63, 3.8) is 0 Å². The fourth-order valence-corrected chi connectivity index (χ4v) is 1.54. The fraction of sp³-hybridized carbons (Fsp3) is 0.643. The molecule has 0 saturated carbocycles. The van der Waals surface area contributed by atoms with Crippen molar-refractivity contribution < 1.29 is 38.5 Å². The maximum Gasteiger partial charge on any atom is 0.407 e. The van der Waals surface area contributed by atoms with Gasteiger partial charge in [-0.1, -0.05) is 13.8 Å². The minimum atomic E-state index is -1.34. The third-order valence-corrected chi connectivity index (χ3v) is 2.63. The van der Waals surface area contributed by atoms with E-state index in [0.29, 0.717) is 6.21 Å². The first-order valence-electron chi connectivity index (χ1n) is 7.28. The number of rotatable bonds is 11. The molecule has 0 aromatic heterocycles. The molecular weight excluding hydrogens is 322 g/mol. The Morgan fingerprint density at radius 1 is 1.21 bits per heavy atom. The fourth-order valence-electron chi connectivity index (χ4n) is 1.54. The number of ketones is 1. The first-order valence-corrected chi connectivity index (χ1v) is 7.28. The highest BCUT2D eigenvalue weighted by molar-refractivity contribution is 6.25. The van der Waals surface area contributed by atoms with Crippen molar-refractivity contribution >= 4 is 30.0 Å². The number of ether oxygens (including phenoxy) is 2. The maximum atomic E-state index is 11.5. The van der Waals surface area contributed by atoms with Crippen molar-refractivity contribution in [2.75, 3.05) is 13.2 Å². The predicted octanol–water partition coefficient (Wildman–Crippen LogP) is 0.405. The lowest BCUT2D eigenvalue weighted by molar-refractivity contribution is -0.145. The Morgan fingerprint density at radius 2 is 1.83 bits per heavy atom. The second-order valence-electron chi connectivity index (χ2n) is 5.24. The van der Waals surface area contributed by atoms with Gasteiger partial charge in [-0.3, -0.25) is 9.59 Å². The largest absolute Gasteiger partial charge is 0.480 e. The van der Waals surface area contributed by atoms with Gasteiger partial charge in [0.25, 0.3) is 0 Å². The van der Waals surface area contributed by atoms with Crippen LogP contribution in [0, 0.1) is 5.92 Å². The van der Waals surface area contributed by atoms with Crippen molar-refractivity contribution in [3.05, 3.63) is 5.53 Å². The number of carboxylic acid groups (broad SMARTS) is 1. The molecule has 134 valence electrons. The second-order valence-corrected chi connectivity index (χ2v) is 5.24. The van der Waals surface area contributed by atoms with E-state index in [2.05, 4.69) is 10.1 Å². The van der Waals surface area contributed by atoms with Crippen LogP contribution in [0.5, 0.6) is 0 Å². The maximum absolute atomic E-state index is 11.5. The number of nitrogens with one attached hydrogen (secondary N) is 1. The van der Waals surface area contributed by atoms with E-state index in [4.69, 9.17) is 20.1 Å². The van der Waals surface area contributed by atoms with Crippen LogP contribution in [0.15, 0.2) is 0 Å². The van der Waals surface area contributed by atoms with Crippen LogP contribution in [0.1, 0.15) is 33.1 Å². The van der Waals surface area contributed by atoms with Gasteiger partial charge in [0, 0.05) is 12.8 Å². The Bertz CT molecular complexity index is 512. The van der Waals surface area contributed by atoms with E-state index in [1.807, 2.05) is 13.8 Å². The van der Waals surface area contributed by atoms with E-state index in [0.717, 1.165) is 0 Å². The standard InChI is InChI=1S/C14H21N3O7/c1-9(2)7-12(19)23-5-6-24-14(22)17-11(13(20)21)4-3-10(18)8-16-15/h8-9,11H,3-7H2,1-2H3,(H,17,22)(H,20,21). The zero-order valence-electron chi connectivity index (χ0n) is 13.6. The molecule has 24 heavy (non-hydrogen) atoms. The van der Waals surface area contributed by atoms with Crippen LogP contribution in [0.3, 0.4) is 0 Å². The van der Waals surface area contributed by atoms with Gasteiger partial charge in [0.1, 0.15) is 19.3 Å². The van der Waals surface area contributed by atoms with Gasteiger partial charge in [0.05, 0.1) is 0 Å². The Balaban J connectivity index is 4.11. The molecule has 0 radical (unpaired) electrons. The number of carbonyl (C=O) groups excluding carboxylic acids is 3. The molecular formula is C14H21N3O7. The third kappa shape index (κ3) is 10.9. The number of carbonyl (C=O) groups is 4. The summed E-state index contributed by atoms with van der Waals surface area (Å²) in [6.07, 6.45) is -0.542. The van der Waals surface area contributed by atoms with Gasteiger partial charge in [-0.15, -0.1) is 0 Å². The summed E-state index contributed by atoms with van der Waals surface area (Å²) in [6, 6.07) is -1.34. The molecule has 0 aromatic rings. The molecule has 0 heterocycles. The lowest BCUT2D eigenvalue weighted by Crippen LogP contribution is -2.41. The van der Waals surface area contributed by atoms with Crippen LogP contribution < -0.4 is 5.32 Å². The Kier molecular flexibility index (Phi) is 10.4. The summed E-state index contributed by atoms with van der Waals surface area (Å²) >= 11 is 0. The Morgan fingerprint density at radius 3 is 2.38 bits per heavy atom. The highest BCUT2D eigenvalue weighted by Gasteiger charge is 2.22. The van der Waals surface area contributed by atoms with Crippen LogP contribution in [0.25, 0.3) is 5.53 Å². The molecule has 2 N–H and O–H groups in total. The zero-order valence-corrected chi connectivity index (χ0v) is 13.6. The molecule has 10 heteroatoms. The van der Waals surface area contributed by atoms with Crippen LogP contribution in [0.2, 0.25) is 0 Å². The lowest BCUT2D eigenvalue weighted by atomic mass is 10.1. The first-order chi connectivity index (χ1) is 11.3. The molecule has 0 spiro atoms. The van der Waals surface area contributed by atoms with Gasteiger partial charge in [0.2, 0.25) is 5.78 Å². The summed E-state index contributed by atoms with van der Waals surface area (Å²) < 4.78 is 9.51. The lowest BCUT2D eigenvalue weighted by Gasteiger charge is -2.13. The molecule has 0 aromatic carbocycles. The van der Waals surface area contributed by atoms with Crippen LogP contribution in [-0.2, 0) is 23.9 Å². The van der Waals surface area contributed by atoms with Crippen molar-refractivity contribution in [1.29, 1.82) is 0 Å². The number of carboxylic acids is 1. The van der Waals surface area contributed by atoms with E-state index >= 15 is 0 Å². The summed E-state index contributed by atoms with van der Waals surface area (Å²) in [4.78, 5) is 47.3. The van der Waals surface area contributed by atoms with Crippen molar-refractivity contribution in [2.45, 2.75) is 39.2 Å². The third-order valence-electron chi connectivity index (χ3n) is 2.63. The topological polar surface area (TPSA) is 155 Å².